The van der Waals surface area contributed by atoms with Crippen LogP contribution >= 0.6 is 0 Å². The van der Waals surface area contributed by atoms with Gasteiger partial charge in [0, 0.05) is 23.9 Å². The lowest BCUT2D eigenvalue weighted by atomic mass is 9.86. The Balaban J connectivity index is 1.93. The van der Waals surface area contributed by atoms with Crippen molar-refractivity contribution in [2.45, 2.75) is 0 Å². The number of allylic oxidation sites excluding steroid dienone is 2. The van der Waals surface area contributed by atoms with Crippen LogP contribution in [0.3, 0.4) is 0 Å². The molecule has 134 valence electrons. The van der Waals surface area contributed by atoms with Crippen LogP contribution < -0.4 is 5.32 Å². The molecule has 0 bridgehead atoms. The van der Waals surface area contributed by atoms with E-state index in [1.165, 1.54) is 36.7 Å². The average molecular weight is 366 g/mol. The lowest BCUT2D eigenvalue weighted by Crippen LogP contribution is -2.49. The number of benzene rings is 1. The number of nitro benzene ring substituents is 1. The minimum absolute atomic E-state index is 0.136. The molecule has 6 nitrogen and oxygen atoms in total. The SMILES string of the molecule is C#CCNc1ccc(C2=C3C=CC=[N+]3[B-](F)(F)n3cccc32)cc1[N+](=O)[O-]. The summed E-state index contributed by atoms with van der Waals surface area (Å²) in [7, 11) is 0. The summed E-state index contributed by atoms with van der Waals surface area (Å²) in [5.41, 5.74) is 1.70. The van der Waals surface area contributed by atoms with Gasteiger partial charge in [-0.3, -0.25) is 10.1 Å². The van der Waals surface area contributed by atoms with Crippen molar-refractivity contribution < 1.29 is 18.0 Å². The van der Waals surface area contributed by atoms with E-state index in [0.717, 1.165) is 8.96 Å². The van der Waals surface area contributed by atoms with Crippen molar-refractivity contribution in [1.29, 1.82) is 0 Å². The third kappa shape index (κ3) is 2.46. The van der Waals surface area contributed by atoms with Gasteiger partial charge >= 0.3 is 6.97 Å². The van der Waals surface area contributed by atoms with Gasteiger partial charge in [-0.15, -0.1) is 6.42 Å². The van der Waals surface area contributed by atoms with Crippen molar-refractivity contribution in [1.82, 2.24) is 4.48 Å². The van der Waals surface area contributed by atoms with Crippen molar-refractivity contribution in [3.63, 3.8) is 0 Å². The summed E-state index contributed by atoms with van der Waals surface area (Å²) in [6, 6.07) is 7.69. The molecule has 0 saturated heterocycles. The molecular weight excluding hydrogens is 353 g/mol. The predicted octanol–water partition coefficient (Wildman–Crippen LogP) is 3.09. The van der Waals surface area contributed by atoms with E-state index in [9.17, 15) is 18.7 Å². The van der Waals surface area contributed by atoms with Gasteiger partial charge in [0.2, 0.25) is 0 Å². The number of fused-ring (bicyclic) bond motifs is 2. The molecule has 1 N–H and O–H groups in total. The number of aromatic nitrogens is 1. The average Bonchev–Trinajstić information content (AvgIpc) is 3.31. The largest absolute Gasteiger partial charge is 0.737 e. The second kappa shape index (κ2) is 5.95. The number of nitrogens with one attached hydrogen (secondary N) is 1. The smallest absolute Gasteiger partial charge is 0.396 e. The number of nitrogens with zero attached hydrogens (tertiary/aromatic N) is 3. The first-order chi connectivity index (χ1) is 12.9. The van der Waals surface area contributed by atoms with E-state index >= 15 is 0 Å². The minimum atomic E-state index is -4.01. The third-order valence-electron chi connectivity index (χ3n) is 4.60. The van der Waals surface area contributed by atoms with Crippen LogP contribution in [0.5, 0.6) is 0 Å². The Kier molecular flexibility index (Phi) is 3.70. The molecular formula is C18H13BF2N4O2. The third-order valence-corrected chi connectivity index (χ3v) is 4.60. The summed E-state index contributed by atoms with van der Waals surface area (Å²) in [6.45, 7) is -3.87. The van der Waals surface area contributed by atoms with Crippen LogP contribution in [-0.4, -0.2) is 33.6 Å². The molecule has 2 aliphatic rings. The minimum Gasteiger partial charge on any atom is -0.396 e. The molecule has 3 heterocycles. The molecule has 0 radical (unpaired) electrons. The number of anilines is 1. The van der Waals surface area contributed by atoms with Gasteiger partial charge in [-0.2, -0.15) is 0 Å². The molecule has 0 saturated carbocycles. The number of hydrogen-bond donors (Lipinski definition) is 1. The van der Waals surface area contributed by atoms with E-state index in [0.29, 0.717) is 22.5 Å². The Morgan fingerprint density at radius 2 is 2.19 bits per heavy atom. The first-order valence-electron chi connectivity index (χ1n) is 8.15. The second-order valence-corrected chi connectivity index (χ2v) is 6.11. The summed E-state index contributed by atoms with van der Waals surface area (Å²) in [4.78, 5) is 11.0. The maximum absolute atomic E-state index is 14.8. The molecule has 4 rings (SSSR count). The van der Waals surface area contributed by atoms with Crippen LogP contribution in [-0.2, 0) is 0 Å². The van der Waals surface area contributed by atoms with Gasteiger partial charge in [-0.05, 0) is 30.0 Å². The van der Waals surface area contributed by atoms with Gasteiger partial charge in [-0.1, -0.05) is 12.0 Å². The van der Waals surface area contributed by atoms with Crippen molar-refractivity contribution >= 4 is 30.1 Å². The van der Waals surface area contributed by atoms with Gasteiger partial charge < -0.3 is 22.9 Å². The highest BCUT2D eigenvalue weighted by Crippen LogP contribution is 2.40. The molecule has 2 aromatic rings. The van der Waals surface area contributed by atoms with Crippen molar-refractivity contribution in [2.75, 3.05) is 11.9 Å². The second-order valence-electron chi connectivity index (χ2n) is 6.11. The van der Waals surface area contributed by atoms with Gasteiger partial charge in [-0.25, -0.2) is 0 Å². The number of rotatable bonds is 4. The molecule has 9 heteroatoms. The molecule has 1 aromatic carbocycles. The monoisotopic (exact) mass is 366 g/mol. The standard InChI is InChI=1S/C18H13BF2N4O2/c1-2-9-22-14-8-7-13(12-17(14)25(26)27)18-15-5-3-10-23(15)19(20,21)24-11-4-6-16(18)24/h1,3-8,10-12,22H,9H2. The Labute approximate surface area is 153 Å². The van der Waals surface area contributed by atoms with Crippen LogP contribution in [0, 0.1) is 22.5 Å². The molecule has 0 unspecified atom stereocenters. The van der Waals surface area contributed by atoms with E-state index in [4.69, 9.17) is 6.42 Å². The van der Waals surface area contributed by atoms with Gasteiger partial charge in [0.05, 0.1) is 17.0 Å². The highest BCUT2D eigenvalue weighted by Gasteiger charge is 2.51. The number of hydrogen-bond acceptors (Lipinski definition) is 3. The van der Waals surface area contributed by atoms with Crippen LogP contribution in [0.4, 0.5) is 20.0 Å². The summed E-state index contributed by atoms with van der Waals surface area (Å²) in [5.74, 6) is 2.36. The maximum atomic E-state index is 14.8. The van der Waals surface area contributed by atoms with Crippen LogP contribution in [0.2, 0.25) is 0 Å². The molecule has 2 aliphatic heterocycles. The van der Waals surface area contributed by atoms with Gasteiger partial charge in [0.25, 0.3) is 5.69 Å². The van der Waals surface area contributed by atoms with Crippen molar-refractivity contribution in [3.05, 3.63) is 75.7 Å². The first-order valence-corrected chi connectivity index (χ1v) is 8.15. The molecule has 27 heavy (non-hydrogen) atoms. The molecule has 0 spiro atoms. The van der Waals surface area contributed by atoms with E-state index in [1.54, 1.807) is 18.2 Å². The zero-order valence-electron chi connectivity index (χ0n) is 14.0. The summed E-state index contributed by atoms with van der Waals surface area (Å²) < 4.78 is 31.4. The fourth-order valence-corrected chi connectivity index (χ4v) is 3.45. The Morgan fingerprint density at radius 1 is 1.37 bits per heavy atom. The lowest BCUT2D eigenvalue weighted by molar-refractivity contribution is -0.384. The van der Waals surface area contributed by atoms with Crippen molar-refractivity contribution in [3.8, 4) is 12.3 Å². The van der Waals surface area contributed by atoms with Crippen LogP contribution in [0.25, 0.3) is 5.57 Å². The Bertz CT molecular complexity index is 1110. The normalized spacial score (nSPS) is 16.4. The molecule has 0 amide bonds. The number of terminal acetylenes is 1. The summed E-state index contributed by atoms with van der Waals surface area (Å²) in [6.07, 6.45) is 10.9. The van der Waals surface area contributed by atoms with Crippen molar-refractivity contribution in [2.24, 2.45) is 0 Å². The van der Waals surface area contributed by atoms with E-state index < -0.39 is 11.9 Å². The van der Waals surface area contributed by atoms with Crippen LogP contribution in [0.15, 0.2) is 54.4 Å². The quantitative estimate of drug-likeness (QED) is 0.392. The predicted molar refractivity (Wildman–Crippen MR) is 99.7 cm³/mol. The zero-order chi connectivity index (χ0) is 19.2. The molecule has 0 atom stereocenters. The highest BCUT2D eigenvalue weighted by atomic mass is 19.2. The molecule has 1 aromatic heterocycles. The fraction of sp³-hybridized carbons (Fsp3) is 0.0556. The molecule has 0 fully saturated rings. The number of halogens is 2. The fourth-order valence-electron chi connectivity index (χ4n) is 3.45. The summed E-state index contributed by atoms with van der Waals surface area (Å²) in [5, 5.41) is 14.3. The van der Waals surface area contributed by atoms with Crippen LogP contribution in [0.1, 0.15) is 11.3 Å². The lowest BCUT2D eigenvalue weighted by Gasteiger charge is -2.30. The number of nitro groups is 1. The maximum Gasteiger partial charge on any atom is 0.737 e. The topological polar surface area (TPSA) is 63.1 Å². The Hall–Kier alpha value is -3.67. The van der Waals surface area contributed by atoms with E-state index in [-0.39, 0.29) is 17.9 Å². The zero-order valence-corrected chi connectivity index (χ0v) is 14.0. The highest BCUT2D eigenvalue weighted by molar-refractivity contribution is 6.57. The van der Waals surface area contributed by atoms with E-state index in [1.807, 2.05) is 0 Å². The van der Waals surface area contributed by atoms with Gasteiger partial charge in [0.1, 0.15) is 11.9 Å². The first kappa shape index (κ1) is 16.8. The summed E-state index contributed by atoms with van der Waals surface area (Å²) >= 11 is 0. The Morgan fingerprint density at radius 3 is 2.93 bits per heavy atom. The van der Waals surface area contributed by atoms with Gasteiger partial charge in [0.15, 0.2) is 5.70 Å². The molecule has 0 aliphatic carbocycles. The van der Waals surface area contributed by atoms with E-state index in [2.05, 4.69) is 11.2 Å².